The molecule has 6 rings (SSSR count). The molecule has 1 amide bonds. The fourth-order valence-corrected chi connectivity index (χ4v) is 13.6. The minimum Gasteiger partial charge on any atom is -0.481 e. The highest BCUT2D eigenvalue weighted by Crippen LogP contribution is 2.66. The van der Waals surface area contributed by atoms with E-state index in [9.17, 15) is 68.6 Å². The van der Waals surface area contributed by atoms with E-state index in [-0.39, 0.29) is 41.0 Å². The van der Waals surface area contributed by atoms with E-state index in [4.69, 9.17) is 19.6 Å². The molecule has 27 nitrogen and oxygen atoms in total. The zero-order valence-corrected chi connectivity index (χ0v) is 49.0. The van der Waals surface area contributed by atoms with E-state index in [2.05, 4.69) is 40.3 Å². The zero-order chi connectivity index (χ0) is 60.6. The van der Waals surface area contributed by atoms with E-state index in [1.165, 1.54) is 24.3 Å². The minimum atomic E-state index is -5.75. The molecule has 4 heterocycles. The first-order valence-corrected chi connectivity index (χ1v) is 32.7. The summed E-state index contributed by atoms with van der Waals surface area (Å²) < 4.78 is 123. The molecule has 4 unspecified atom stereocenters. The quantitative estimate of drug-likeness (QED) is 0.00832. The summed E-state index contributed by atoms with van der Waals surface area (Å²) in [4.78, 5) is 89.3. The van der Waals surface area contributed by atoms with Crippen molar-refractivity contribution in [3.05, 3.63) is 128 Å². The van der Waals surface area contributed by atoms with Crippen molar-refractivity contribution in [3.63, 3.8) is 0 Å². The van der Waals surface area contributed by atoms with E-state index >= 15 is 0 Å². The molecular weight excluding hydrogens is 1180 g/mol. The topological polar surface area (TPSA) is 405 Å². The number of nitrogens with one attached hydrogen (secondary N) is 2. The van der Waals surface area contributed by atoms with Crippen LogP contribution in [0, 0.1) is 12.0 Å². The van der Waals surface area contributed by atoms with Crippen LogP contribution in [0.2, 0.25) is 0 Å². The minimum absolute atomic E-state index is 0.0412. The second-order valence-electron chi connectivity index (χ2n) is 20.1. The zero-order valence-electron chi connectivity index (χ0n) is 44.7. The van der Waals surface area contributed by atoms with Gasteiger partial charge in [0.1, 0.15) is 18.3 Å². The van der Waals surface area contributed by atoms with Gasteiger partial charge < -0.3 is 34.3 Å². The molecule has 9 N–H and O–H groups in total. The number of carbonyl (C=O) groups excluding carboxylic acids is 1. The van der Waals surface area contributed by atoms with Gasteiger partial charge in [-0.2, -0.15) is 30.0 Å². The number of phosphoric acid groups is 3. The number of aromatic amines is 1. The summed E-state index contributed by atoms with van der Waals surface area (Å²) in [7, 11) is -25.8. The molecule has 4 atom stereocenters. The van der Waals surface area contributed by atoms with E-state index in [1.807, 2.05) is 74.8 Å². The third-order valence-electron chi connectivity index (χ3n) is 13.4. The molecule has 3 aliphatic rings. The Bertz CT molecular complexity index is 3700. The number of hydrogen-bond donors (Lipinski definition) is 9. The molecule has 1 fully saturated rings. The number of phosphoric ester groups is 1. The summed E-state index contributed by atoms with van der Waals surface area (Å²) in [6.45, 7) is 7.99. The summed E-state index contributed by atoms with van der Waals surface area (Å²) in [5.74, 6) is 1.14. The van der Waals surface area contributed by atoms with Gasteiger partial charge >= 0.3 is 35.1 Å². The van der Waals surface area contributed by atoms with Gasteiger partial charge in [-0.3, -0.25) is 42.9 Å². The van der Waals surface area contributed by atoms with Crippen molar-refractivity contribution in [1.29, 1.82) is 0 Å². The van der Waals surface area contributed by atoms with Gasteiger partial charge in [-0.15, -0.1) is 0 Å². The lowest BCUT2D eigenvalue weighted by Gasteiger charge is -2.27. The lowest BCUT2D eigenvalue weighted by molar-refractivity contribution is -0.438. The number of carbonyl (C=O) groups is 2. The number of carboxylic acids is 1. The lowest BCUT2D eigenvalue weighted by atomic mass is 9.81. The Morgan fingerprint density at radius 1 is 0.817 bits per heavy atom. The van der Waals surface area contributed by atoms with Crippen LogP contribution in [0.15, 0.2) is 110 Å². The Morgan fingerprint density at radius 3 is 2.12 bits per heavy atom. The number of fused-ring (bicyclic) bond motifs is 2. The summed E-state index contributed by atoms with van der Waals surface area (Å²) in [6.07, 6.45) is 15.6. The smallest absolute Gasteiger partial charge is 0.481 e. The van der Waals surface area contributed by atoms with Crippen LogP contribution >= 0.6 is 23.5 Å². The Kier molecular flexibility index (Phi) is 21.1. The fourth-order valence-electron chi connectivity index (χ4n) is 9.57. The van der Waals surface area contributed by atoms with Crippen LogP contribution in [0.1, 0.15) is 115 Å². The lowest BCUT2D eigenvalue weighted by Crippen LogP contribution is -2.34. The molecule has 2 aromatic carbocycles. The van der Waals surface area contributed by atoms with Gasteiger partial charge in [-0.1, -0.05) is 50.6 Å². The number of rotatable bonds is 26. The van der Waals surface area contributed by atoms with Crippen molar-refractivity contribution in [2.45, 2.75) is 125 Å². The molecule has 32 heteroatoms. The number of unbranched alkanes of at least 4 members (excludes halogenated alkanes) is 4. The number of anilines is 1. The largest absolute Gasteiger partial charge is 0.490 e. The second-order valence-corrected chi connectivity index (χ2v) is 27.4. The van der Waals surface area contributed by atoms with Gasteiger partial charge in [0.25, 0.3) is 25.8 Å². The Labute approximate surface area is 471 Å². The molecule has 0 bridgehead atoms. The van der Waals surface area contributed by atoms with Gasteiger partial charge in [0, 0.05) is 72.6 Å². The molecule has 82 heavy (non-hydrogen) atoms. The second kappa shape index (κ2) is 26.4. The number of benzene rings is 2. The van der Waals surface area contributed by atoms with Crippen LogP contribution in [-0.4, -0.2) is 108 Å². The SMILES string of the molecule is CC1(C)C(/C=C/C=C/C=C/C=C2/N(CCCCCC(=O)O)c3ccc(S(=O)(=O)O)cc3C2(C)C)=[N+](CCCCCC(=O)NC#Cc2cn(C3CCC(COP(=O)(O)OP(=O)(O)OP(=O)(O)O)O3)c(=O)[nH]c2=O)c2ccc(S(=O)(=O)O)cc21. The number of aromatic nitrogens is 2. The molecule has 0 spiro atoms. The van der Waals surface area contributed by atoms with Crippen LogP contribution in [0.5, 0.6) is 0 Å². The number of amides is 1. The van der Waals surface area contributed by atoms with Crippen molar-refractivity contribution in [1.82, 2.24) is 14.9 Å². The average molecular weight is 1240 g/mol. The van der Waals surface area contributed by atoms with E-state index in [0.29, 0.717) is 62.7 Å². The van der Waals surface area contributed by atoms with Crippen LogP contribution in [-0.2, 0) is 72.2 Å². The van der Waals surface area contributed by atoms with Crippen LogP contribution in [0.3, 0.4) is 0 Å². The highest BCUT2D eigenvalue weighted by atomic mass is 32.2. The van der Waals surface area contributed by atoms with Crippen molar-refractivity contribution in [2.75, 3.05) is 24.6 Å². The third-order valence-corrected chi connectivity index (χ3v) is 18.9. The molecule has 0 saturated carbocycles. The summed E-state index contributed by atoms with van der Waals surface area (Å²) in [5, 5.41) is 11.5. The van der Waals surface area contributed by atoms with Crippen LogP contribution in [0.4, 0.5) is 11.4 Å². The first-order valence-electron chi connectivity index (χ1n) is 25.3. The molecule has 446 valence electrons. The highest BCUT2D eigenvalue weighted by Gasteiger charge is 2.46. The van der Waals surface area contributed by atoms with E-state index in [1.54, 1.807) is 12.1 Å². The Morgan fingerprint density at radius 2 is 1.45 bits per heavy atom. The summed E-state index contributed by atoms with van der Waals surface area (Å²) >= 11 is 0. The predicted octanol–water partition coefficient (Wildman–Crippen LogP) is 6.11. The maximum Gasteiger partial charge on any atom is 0.490 e. The van der Waals surface area contributed by atoms with Crippen molar-refractivity contribution in [2.24, 2.45) is 0 Å². The molecule has 3 aromatic rings. The van der Waals surface area contributed by atoms with Crippen molar-refractivity contribution < 1.29 is 96.4 Å². The number of allylic oxidation sites excluding steroid dienone is 8. The van der Waals surface area contributed by atoms with Gasteiger partial charge in [0.15, 0.2) is 5.71 Å². The number of aliphatic carboxylic acids is 1. The molecule has 1 aromatic heterocycles. The van der Waals surface area contributed by atoms with E-state index in [0.717, 1.165) is 33.5 Å². The van der Waals surface area contributed by atoms with Gasteiger partial charge in [0.2, 0.25) is 11.6 Å². The normalized spacial score (nSPS) is 19.8. The van der Waals surface area contributed by atoms with Gasteiger partial charge in [-0.25, -0.2) is 18.5 Å². The first kappa shape index (κ1) is 65.4. The number of hydrogen-bond acceptors (Lipinski definition) is 16. The molecule has 0 aliphatic carbocycles. The number of ether oxygens (including phenoxy) is 1. The van der Waals surface area contributed by atoms with Crippen LogP contribution in [0.25, 0.3) is 0 Å². The van der Waals surface area contributed by atoms with Gasteiger partial charge in [-0.05, 0) is 100 Å². The molecular formula is C50H63N5O22P3S2+. The number of nitrogens with zero attached hydrogens (tertiary/aromatic N) is 3. The first-order chi connectivity index (χ1) is 38.1. The standard InChI is InChI=1S/C50H62N5O22P3S2/c1-49(2)38-30-36(81(68,69)70)21-23-40(38)53(42(49)16-10-6-5-7-11-17-43-50(3,4)39-31-37(82(71,72)73)22-24-41(39)54(43)29-15-9-13-19-46(57)58)28-14-8-12-18-44(56)51-27-26-34-32-55(48(60)52-47(34)59)45-25-20-35(75-45)33-74-79(64,65)77-80(66,67)76-78(61,62)63/h5-7,10-11,16-17,21-24,30-32,35,45H,8-9,12-15,18-20,25,28-29,33H2,1-4H3,(H8-,51,52,56,57,58,59,60,61,62,63,64,65,66,67,68,69,70,71,72,73)/p+1. The average Bonchev–Trinajstić information content (AvgIpc) is 2.59. The Hall–Kier alpha value is -5.76. The third kappa shape index (κ3) is 17.4. The van der Waals surface area contributed by atoms with E-state index < -0.39 is 96.6 Å². The molecule has 0 radical (unpaired) electrons. The monoisotopic (exact) mass is 1240 g/mol. The molecule has 3 aliphatic heterocycles. The van der Waals surface area contributed by atoms with Crippen LogP contribution < -0.4 is 21.5 Å². The van der Waals surface area contributed by atoms with Gasteiger partial charge in [0.05, 0.1) is 27.9 Å². The molecule has 1 saturated heterocycles. The van der Waals surface area contributed by atoms with Crippen molar-refractivity contribution >= 4 is 72.7 Å². The summed E-state index contributed by atoms with van der Waals surface area (Å²) in [5.41, 5.74) is 1.11. The van der Waals surface area contributed by atoms with Crippen molar-refractivity contribution in [3.8, 4) is 12.0 Å². The fraction of sp³-hybridized carbons (Fsp3) is 0.420. The Balaban J connectivity index is 1.07. The summed E-state index contributed by atoms with van der Waals surface area (Å²) in [6, 6.07) is 11.3. The number of carboxylic acid groups (broad SMARTS) is 1. The number of H-pyrrole nitrogens is 1. The highest BCUT2D eigenvalue weighted by molar-refractivity contribution is 7.86. The maximum atomic E-state index is 12.8. The maximum absolute atomic E-state index is 12.8. The predicted molar refractivity (Wildman–Crippen MR) is 295 cm³/mol.